The van der Waals surface area contributed by atoms with Crippen molar-refractivity contribution in [2.75, 3.05) is 5.32 Å². The lowest BCUT2D eigenvalue weighted by Gasteiger charge is -2.04. The molecule has 0 unspecified atom stereocenters. The van der Waals surface area contributed by atoms with Crippen LogP contribution in [0.5, 0.6) is 0 Å². The second-order valence-corrected chi connectivity index (χ2v) is 3.56. The topological polar surface area (TPSA) is 40.7 Å². The zero-order valence-corrected chi connectivity index (χ0v) is 7.25. The summed E-state index contributed by atoms with van der Waals surface area (Å²) < 4.78 is 0. The van der Waals surface area contributed by atoms with Gasteiger partial charge in [-0.1, -0.05) is 6.07 Å². The Kier molecular flexibility index (Phi) is 1.33. The maximum atomic E-state index is 4.02. The Morgan fingerprint density at radius 1 is 1.38 bits per heavy atom. The summed E-state index contributed by atoms with van der Waals surface area (Å²) in [5.74, 6) is 0. The molecule has 0 radical (unpaired) electrons. The molecule has 2 N–H and O–H groups in total. The smallest absolute Gasteiger partial charge is 0.0671 e. The van der Waals surface area contributed by atoms with Crippen molar-refractivity contribution in [3.05, 3.63) is 24.4 Å². The molecular weight excluding hydrogens is 162 g/mol. The largest absolute Gasteiger partial charge is 0.382 e. The van der Waals surface area contributed by atoms with E-state index in [-0.39, 0.29) is 0 Å². The maximum absolute atomic E-state index is 4.02. The van der Waals surface area contributed by atoms with Crippen molar-refractivity contribution < 1.29 is 0 Å². The second kappa shape index (κ2) is 2.49. The lowest BCUT2D eigenvalue weighted by Crippen LogP contribution is -2.00. The van der Waals surface area contributed by atoms with Gasteiger partial charge in [-0.3, -0.25) is 5.10 Å². The summed E-state index contributed by atoms with van der Waals surface area (Å²) >= 11 is 0. The lowest BCUT2D eigenvalue weighted by molar-refractivity contribution is 1.12. The molecule has 13 heavy (non-hydrogen) atoms. The van der Waals surface area contributed by atoms with E-state index in [1.54, 1.807) is 0 Å². The fourth-order valence-corrected chi connectivity index (χ4v) is 1.54. The van der Waals surface area contributed by atoms with Gasteiger partial charge in [0.15, 0.2) is 0 Å². The molecule has 1 aromatic carbocycles. The SMILES string of the molecule is c1cc(NC2CC2)c2cn[nH]c2c1. The lowest BCUT2D eigenvalue weighted by atomic mass is 10.2. The number of aromatic nitrogens is 2. The van der Waals surface area contributed by atoms with Crippen LogP contribution in [0.15, 0.2) is 24.4 Å². The third-order valence-corrected chi connectivity index (χ3v) is 2.42. The highest BCUT2D eigenvalue weighted by molar-refractivity contribution is 5.91. The van der Waals surface area contributed by atoms with Crippen LogP contribution in [-0.4, -0.2) is 16.2 Å². The number of anilines is 1. The molecular formula is C10H11N3. The summed E-state index contributed by atoms with van der Waals surface area (Å²) in [6.45, 7) is 0. The van der Waals surface area contributed by atoms with Gasteiger partial charge in [-0.25, -0.2) is 0 Å². The summed E-state index contributed by atoms with van der Waals surface area (Å²) in [4.78, 5) is 0. The van der Waals surface area contributed by atoms with Crippen molar-refractivity contribution >= 4 is 16.6 Å². The molecule has 0 atom stereocenters. The van der Waals surface area contributed by atoms with E-state index in [1.165, 1.54) is 23.9 Å². The Morgan fingerprint density at radius 2 is 2.31 bits per heavy atom. The maximum Gasteiger partial charge on any atom is 0.0671 e. The van der Waals surface area contributed by atoms with Gasteiger partial charge in [0.2, 0.25) is 0 Å². The minimum Gasteiger partial charge on any atom is -0.382 e. The summed E-state index contributed by atoms with van der Waals surface area (Å²) in [6, 6.07) is 6.89. The molecule has 3 rings (SSSR count). The van der Waals surface area contributed by atoms with Gasteiger partial charge >= 0.3 is 0 Å². The van der Waals surface area contributed by atoms with Gasteiger partial charge in [0.1, 0.15) is 0 Å². The fraction of sp³-hybridized carbons (Fsp3) is 0.300. The Balaban J connectivity index is 2.09. The molecule has 1 fully saturated rings. The van der Waals surface area contributed by atoms with Crippen LogP contribution in [0.25, 0.3) is 10.9 Å². The minimum absolute atomic E-state index is 0.695. The highest BCUT2D eigenvalue weighted by Crippen LogP contribution is 2.28. The van der Waals surface area contributed by atoms with E-state index in [9.17, 15) is 0 Å². The average molecular weight is 173 g/mol. The molecule has 3 heteroatoms. The van der Waals surface area contributed by atoms with Gasteiger partial charge in [-0.05, 0) is 25.0 Å². The molecule has 2 aromatic rings. The Hall–Kier alpha value is -1.51. The van der Waals surface area contributed by atoms with E-state index in [0.717, 1.165) is 5.52 Å². The number of hydrogen-bond donors (Lipinski definition) is 2. The zero-order chi connectivity index (χ0) is 8.67. The van der Waals surface area contributed by atoms with Crippen LogP contribution < -0.4 is 5.32 Å². The number of fused-ring (bicyclic) bond motifs is 1. The van der Waals surface area contributed by atoms with Gasteiger partial charge in [0.05, 0.1) is 11.7 Å². The molecule has 0 spiro atoms. The van der Waals surface area contributed by atoms with Crippen LogP contribution >= 0.6 is 0 Å². The second-order valence-electron chi connectivity index (χ2n) is 3.56. The van der Waals surface area contributed by atoms with Gasteiger partial charge in [0.25, 0.3) is 0 Å². The first kappa shape index (κ1) is 6.95. The van der Waals surface area contributed by atoms with Gasteiger partial charge < -0.3 is 5.32 Å². The molecule has 66 valence electrons. The van der Waals surface area contributed by atoms with Crippen molar-refractivity contribution in [2.24, 2.45) is 0 Å². The van der Waals surface area contributed by atoms with Crippen molar-refractivity contribution in [1.82, 2.24) is 10.2 Å². The molecule has 3 nitrogen and oxygen atoms in total. The minimum atomic E-state index is 0.695. The Bertz CT molecular complexity index is 428. The van der Waals surface area contributed by atoms with Crippen molar-refractivity contribution in [3.63, 3.8) is 0 Å². The van der Waals surface area contributed by atoms with Crippen LogP contribution in [0, 0.1) is 0 Å². The fourth-order valence-electron chi connectivity index (χ4n) is 1.54. The third kappa shape index (κ3) is 1.16. The number of nitrogens with one attached hydrogen (secondary N) is 2. The molecule has 1 aromatic heterocycles. The number of rotatable bonds is 2. The summed E-state index contributed by atoms with van der Waals surface area (Å²) in [5.41, 5.74) is 2.31. The quantitative estimate of drug-likeness (QED) is 0.730. The van der Waals surface area contributed by atoms with Crippen LogP contribution in [0.1, 0.15) is 12.8 Å². The third-order valence-electron chi connectivity index (χ3n) is 2.42. The zero-order valence-electron chi connectivity index (χ0n) is 7.25. The Labute approximate surface area is 76.1 Å². The standard InChI is InChI=1S/C10H11N3/c1-2-9(12-7-4-5-7)8-6-11-13-10(8)3-1/h1-3,6-7,12H,4-5H2,(H,11,13). The first-order valence-electron chi connectivity index (χ1n) is 4.62. The first-order valence-corrected chi connectivity index (χ1v) is 4.62. The van der Waals surface area contributed by atoms with E-state index >= 15 is 0 Å². The molecule has 1 heterocycles. The molecule has 1 aliphatic carbocycles. The molecule has 0 bridgehead atoms. The molecule has 1 aliphatic rings. The number of nitrogens with zero attached hydrogens (tertiary/aromatic N) is 1. The van der Waals surface area contributed by atoms with E-state index in [2.05, 4.69) is 21.6 Å². The average Bonchev–Trinajstić information content (AvgIpc) is 2.83. The molecule has 1 saturated carbocycles. The van der Waals surface area contributed by atoms with Gasteiger partial charge in [0, 0.05) is 17.1 Å². The normalized spacial score (nSPS) is 16.3. The number of H-pyrrole nitrogens is 1. The van der Waals surface area contributed by atoms with Crippen molar-refractivity contribution in [3.8, 4) is 0 Å². The summed E-state index contributed by atoms with van der Waals surface area (Å²) in [7, 11) is 0. The monoisotopic (exact) mass is 173 g/mol. The van der Waals surface area contributed by atoms with Crippen molar-refractivity contribution in [2.45, 2.75) is 18.9 Å². The van der Waals surface area contributed by atoms with Crippen LogP contribution in [-0.2, 0) is 0 Å². The number of hydrogen-bond acceptors (Lipinski definition) is 2. The van der Waals surface area contributed by atoms with E-state index in [0.29, 0.717) is 6.04 Å². The van der Waals surface area contributed by atoms with Crippen LogP contribution in [0.3, 0.4) is 0 Å². The Morgan fingerprint density at radius 3 is 3.15 bits per heavy atom. The highest BCUT2D eigenvalue weighted by atomic mass is 15.1. The van der Waals surface area contributed by atoms with Gasteiger partial charge in [-0.2, -0.15) is 5.10 Å². The molecule has 0 aliphatic heterocycles. The van der Waals surface area contributed by atoms with Crippen molar-refractivity contribution in [1.29, 1.82) is 0 Å². The summed E-state index contributed by atoms with van der Waals surface area (Å²) in [6.07, 6.45) is 4.47. The predicted octanol–water partition coefficient (Wildman–Crippen LogP) is 2.14. The first-order chi connectivity index (χ1) is 6.43. The van der Waals surface area contributed by atoms with Crippen LogP contribution in [0.2, 0.25) is 0 Å². The van der Waals surface area contributed by atoms with E-state index < -0.39 is 0 Å². The highest BCUT2D eigenvalue weighted by Gasteiger charge is 2.21. The molecule has 0 saturated heterocycles. The van der Waals surface area contributed by atoms with Crippen LogP contribution in [0.4, 0.5) is 5.69 Å². The van der Waals surface area contributed by atoms with E-state index in [1.807, 2.05) is 18.3 Å². The van der Waals surface area contributed by atoms with E-state index in [4.69, 9.17) is 0 Å². The summed E-state index contributed by atoms with van der Waals surface area (Å²) in [5, 5.41) is 11.7. The predicted molar refractivity (Wildman–Crippen MR) is 52.7 cm³/mol. The van der Waals surface area contributed by atoms with Gasteiger partial charge in [-0.15, -0.1) is 0 Å². The number of aromatic amines is 1. The molecule has 0 amide bonds. The number of benzene rings is 1.